The first kappa shape index (κ1) is 17.2. The first-order chi connectivity index (χ1) is 9.88. The summed E-state index contributed by atoms with van der Waals surface area (Å²) in [5.74, 6) is -2.39. The molecular weight excluding hydrogens is 278 g/mol. The molecular formula is C13H23N3O5. The zero-order valence-electron chi connectivity index (χ0n) is 12.2. The number of likely N-dealkylation sites (tertiary alicyclic amines) is 1. The molecule has 0 aromatic rings. The minimum atomic E-state index is -1.42. The third-order valence-corrected chi connectivity index (χ3v) is 3.36. The third-order valence-electron chi connectivity index (χ3n) is 3.36. The number of rotatable bonds is 8. The van der Waals surface area contributed by atoms with Crippen molar-refractivity contribution >= 4 is 18.0 Å². The lowest BCUT2D eigenvalue weighted by Gasteiger charge is -2.21. The molecule has 1 rings (SSSR count). The van der Waals surface area contributed by atoms with Gasteiger partial charge in [-0.3, -0.25) is 4.79 Å². The smallest absolute Gasteiger partial charge is 0.326 e. The third kappa shape index (κ3) is 6.94. The van der Waals surface area contributed by atoms with Gasteiger partial charge in [0, 0.05) is 13.1 Å². The van der Waals surface area contributed by atoms with Crippen molar-refractivity contribution in [3.63, 3.8) is 0 Å². The van der Waals surface area contributed by atoms with Crippen LogP contribution in [-0.2, 0) is 9.59 Å². The number of aliphatic carboxylic acids is 2. The van der Waals surface area contributed by atoms with Gasteiger partial charge in [-0.1, -0.05) is 6.92 Å². The number of nitrogens with one attached hydrogen (secondary N) is 2. The Kier molecular flexibility index (Phi) is 6.93. The van der Waals surface area contributed by atoms with Gasteiger partial charge in [0.05, 0.1) is 6.42 Å². The maximum atomic E-state index is 11.6. The number of urea groups is 1. The highest BCUT2D eigenvalue weighted by molar-refractivity contribution is 5.86. The van der Waals surface area contributed by atoms with Crippen LogP contribution < -0.4 is 10.6 Å². The van der Waals surface area contributed by atoms with Crippen molar-refractivity contribution in [3.8, 4) is 0 Å². The van der Waals surface area contributed by atoms with E-state index >= 15 is 0 Å². The van der Waals surface area contributed by atoms with E-state index in [1.54, 1.807) is 0 Å². The Labute approximate surface area is 123 Å². The Morgan fingerprint density at radius 3 is 2.33 bits per heavy atom. The van der Waals surface area contributed by atoms with Gasteiger partial charge in [0.25, 0.3) is 0 Å². The molecule has 8 nitrogen and oxygen atoms in total. The monoisotopic (exact) mass is 301 g/mol. The first-order valence-corrected chi connectivity index (χ1v) is 7.09. The molecule has 0 aromatic heterocycles. The molecule has 1 aliphatic heterocycles. The minimum Gasteiger partial charge on any atom is -0.481 e. The number of carbonyl (C=O) groups excluding carboxylic acids is 1. The molecule has 1 heterocycles. The Hall–Kier alpha value is -1.83. The second-order valence-electron chi connectivity index (χ2n) is 5.46. The van der Waals surface area contributed by atoms with E-state index in [1.165, 1.54) is 12.8 Å². The van der Waals surface area contributed by atoms with Gasteiger partial charge in [-0.05, 0) is 31.8 Å². The van der Waals surface area contributed by atoms with Crippen LogP contribution in [0.25, 0.3) is 0 Å². The fourth-order valence-corrected chi connectivity index (χ4v) is 2.32. The van der Waals surface area contributed by atoms with Crippen molar-refractivity contribution in [2.24, 2.45) is 5.92 Å². The average Bonchev–Trinajstić information content (AvgIpc) is 2.87. The van der Waals surface area contributed by atoms with Crippen LogP contribution in [0.3, 0.4) is 0 Å². The van der Waals surface area contributed by atoms with Crippen LogP contribution in [0.2, 0.25) is 0 Å². The van der Waals surface area contributed by atoms with Crippen LogP contribution in [0.5, 0.6) is 0 Å². The van der Waals surface area contributed by atoms with Crippen molar-refractivity contribution < 1.29 is 24.6 Å². The summed E-state index contributed by atoms with van der Waals surface area (Å²) in [4.78, 5) is 35.3. The summed E-state index contributed by atoms with van der Waals surface area (Å²) in [6.07, 6.45) is 1.76. The zero-order valence-corrected chi connectivity index (χ0v) is 12.2. The number of amides is 2. The van der Waals surface area contributed by atoms with E-state index < -0.39 is 30.4 Å². The Morgan fingerprint density at radius 2 is 1.81 bits per heavy atom. The van der Waals surface area contributed by atoms with Crippen LogP contribution in [0.1, 0.15) is 26.2 Å². The van der Waals surface area contributed by atoms with Crippen molar-refractivity contribution in [1.29, 1.82) is 0 Å². The molecule has 0 bridgehead atoms. The van der Waals surface area contributed by atoms with Gasteiger partial charge in [0.2, 0.25) is 0 Å². The number of hydrogen-bond acceptors (Lipinski definition) is 4. The molecule has 1 saturated heterocycles. The largest absolute Gasteiger partial charge is 0.481 e. The summed E-state index contributed by atoms with van der Waals surface area (Å²) < 4.78 is 0. The highest BCUT2D eigenvalue weighted by Gasteiger charge is 2.23. The second-order valence-corrected chi connectivity index (χ2v) is 5.46. The number of carboxylic acid groups (broad SMARTS) is 2. The molecule has 0 aromatic carbocycles. The summed E-state index contributed by atoms with van der Waals surface area (Å²) >= 11 is 0. The van der Waals surface area contributed by atoms with E-state index in [2.05, 4.69) is 15.5 Å². The van der Waals surface area contributed by atoms with Gasteiger partial charge >= 0.3 is 18.0 Å². The predicted octanol–water partition coefficient (Wildman–Crippen LogP) is -0.0546. The number of carbonyl (C=O) groups is 3. The van der Waals surface area contributed by atoms with Gasteiger partial charge in [-0.2, -0.15) is 0 Å². The second kappa shape index (κ2) is 8.46. The molecule has 2 amide bonds. The lowest BCUT2D eigenvalue weighted by molar-refractivity contribution is -0.145. The molecule has 0 radical (unpaired) electrons. The number of hydrogen-bond donors (Lipinski definition) is 4. The highest BCUT2D eigenvalue weighted by atomic mass is 16.4. The first-order valence-electron chi connectivity index (χ1n) is 7.09. The lowest BCUT2D eigenvalue weighted by atomic mass is 10.1. The van der Waals surface area contributed by atoms with E-state index in [-0.39, 0.29) is 5.92 Å². The van der Waals surface area contributed by atoms with Gasteiger partial charge in [0.1, 0.15) is 6.04 Å². The van der Waals surface area contributed by atoms with Gasteiger partial charge in [0.15, 0.2) is 0 Å². The average molecular weight is 301 g/mol. The predicted molar refractivity (Wildman–Crippen MR) is 75.0 cm³/mol. The molecule has 4 N–H and O–H groups in total. The van der Waals surface area contributed by atoms with Crippen molar-refractivity contribution in [1.82, 2.24) is 15.5 Å². The molecule has 21 heavy (non-hydrogen) atoms. The van der Waals surface area contributed by atoms with E-state index in [0.717, 1.165) is 19.6 Å². The molecule has 1 unspecified atom stereocenters. The fourth-order valence-electron chi connectivity index (χ4n) is 2.32. The van der Waals surface area contributed by atoms with Crippen LogP contribution >= 0.6 is 0 Å². The molecule has 1 fully saturated rings. The number of carboxylic acids is 2. The molecule has 1 aliphatic rings. The van der Waals surface area contributed by atoms with Crippen LogP contribution in [-0.4, -0.2) is 65.3 Å². The molecule has 120 valence electrons. The van der Waals surface area contributed by atoms with Crippen molar-refractivity contribution in [2.45, 2.75) is 32.2 Å². The maximum Gasteiger partial charge on any atom is 0.326 e. The molecule has 0 aliphatic carbocycles. The SMILES string of the molecule is CC(CNC(=O)N[C@H](CC(=O)O)C(=O)O)CN1CCCC1. The molecule has 0 saturated carbocycles. The molecule has 8 heteroatoms. The topological polar surface area (TPSA) is 119 Å². The van der Waals surface area contributed by atoms with E-state index in [1.807, 2.05) is 6.92 Å². The van der Waals surface area contributed by atoms with Crippen molar-refractivity contribution in [2.75, 3.05) is 26.2 Å². The lowest BCUT2D eigenvalue weighted by Crippen LogP contribution is -2.48. The van der Waals surface area contributed by atoms with E-state index in [9.17, 15) is 14.4 Å². The highest BCUT2D eigenvalue weighted by Crippen LogP contribution is 2.09. The van der Waals surface area contributed by atoms with Crippen molar-refractivity contribution in [3.05, 3.63) is 0 Å². The summed E-state index contributed by atoms with van der Waals surface area (Å²) in [6.45, 7) is 5.47. The van der Waals surface area contributed by atoms with E-state index in [4.69, 9.17) is 10.2 Å². The zero-order chi connectivity index (χ0) is 15.8. The maximum absolute atomic E-state index is 11.6. The standard InChI is InChI=1S/C13H23N3O5/c1-9(8-16-4-2-3-5-16)7-14-13(21)15-10(12(19)20)6-11(17)18/h9-10H,2-8H2,1H3,(H,17,18)(H,19,20)(H2,14,15,21)/t9?,10-/m1/s1. The Bertz CT molecular complexity index is 382. The van der Waals surface area contributed by atoms with Crippen LogP contribution in [0.4, 0.5) is 4.79 Å². The summed E-state index contributed by atoms with van der Waals surface area (Å²) in [5.41, 5.74) is 0. The van der Waals surface area contributed by atoms with E-state index in [0.29, 0.717) is 6.54 Å². The number of nitrogens with zero attached hydrogens (tertiary/aromatic N) is 1. The van der Waals surface area contributed by atoms with Crippen LogP contribution in [0.15, 0.2) is 0 Å². The van der Waals surface area contributed by atoms with Gasteiger partial charge in [-0.25, -0.2) is 9.59 Å². The molecule has 2 atom stereocenters. The summed E-state index contributed by atoms with van der Waals surface area (Å²) in [5, 5.41) is 22.1. The summed E-state index contributed by atoms with van der Waals surface area (Å²) in [7, 11) is 0. The van der Waals surface area contributed by atoms with Crippen LogP contribution in [0, 0.1) is 5.92 Å². The normalized spacial score (nSPS) is 18.0. The minimum absolute atomic E-state index is 0.247. The van der Waals surface area contributed by atoms with Gasteiger partial charge < -0.3 is 25.7 Å². The fraction of sp³-hybridized carbons (Fsp3) is 0.769. The Balaban J connectivity index is 2.27. The summed E-state index contributed by atoms with van der Waals surface area (Å²) in [6, 6.07) is -2.08. The quantitative estimate of drug-likeness (QED) is 0.499. The molecule has 0 spiro atoms. The Morgan fingerprint density at radius 1 is 1.19 bits per heavy atom. The van der Waals surface area contributed by atoms with Gasteiger partial charge in [-0.15, -0.1) is 0 Å².